The lowest BCUT2D eigenvalue weighted by Crippen LogP contribution is -2.53. The topological polar surface area (TPSA) is 38.8 Å². The van der Waals surface area contributed by atoms with E-state index >= 15 is 4.39 Å². The molecule has 2 aromatic rings. The second kappa shape index (κ2) is 7.30. The molecule has 0 aromatic heterocycles. The Morgan fingerprint density at radius 3 is 2.38 bits per heavy atom. The van der Waals surface area contributed by atoms with E-state index in [1.165, 1.54) is 6.92 Å². The molecule has 0 radical (unpaired) electrons. The van der Waals surface area contributed by atoms with Gasteiger partial charge in [0.2, 0.25) is 0 Å². The van der Waals surface area contributed by atoms with E-state index in [-0.39, 0.29) is 12.2 Å². The molecule has 5 heteroatoms. The van der Waals surface area contributed by atoms with Gasteiger partial charge in [-0.2, -0.15) is 5.06 Å². The van der Waals surface area contributed by atoms with Gasteiger partial charge in [0.1, 0.15) is 12.7 Å². The Hall–Kier alpha value is -2.66. The van der Waals surface area contributed by atoms with E-state index in [1.807, 2.05) is 36.4 Å². The van der Waals surface area contributed by atoms with Crippen LogP contribution >= 0.6 is 0 Å². The molecule has 0 bridgehead atoms. The summed E-state index contributed by atoms with van der Waals surface area (Å²) in [6.45, 7) is 7.08. The molecule has 1 aliphatic rings. The fourth-order valence-corrected chi connectivity index (χ4v) is 3.01. The van der Waals surface area contributed by atoms with Crippen LogP contribution in [0.4, 0.5) is 9.18 Å². The Balaban J connectivity index is 1.78. The number of hydrogen-bond acceptors (Lipinski definition) is 3. The highest BCUT2D eigenvalue weighted by atomic mass is 19.1. The fraction of sp³-hybridized carbons (Fsp3) is 0.286. The maximum atomic E-state index is 15.3. The van der Waals surface area contributed by atoms with Crippen molar-refractivity contribution in [2.24, 2.45) is 0 Å². The number of carbonyl (C=O) groups excluding carboxylic acids is 1. The first-order valence-corrected chi connectivity index (χ1v) is 8.51. The number of hydrogen-bond donors (Lipinski definition) is 0. The second-order valence-electron chi connectivity index (χ2n) is 6.54. The molecule has 3 atom stereocenters. The Morgan fingerprint density at radius 2 is 1.77 bits per heavy atom. The maximum Gasteiger partial charge on any atom is 0.434 e. The van der Waals surface area contributed by atoms with Crippen molar-refractivity contribution in [3.05, 3.63) is 83.9 Å². The number of halogens is 1. The van der Waals surface area contributed by atoms with Crippen molar-refractivity contribution in [3.8, 4) is 0 Å². The monoisotopic (exact) mass is 355 g/mol. The largest absolute Gasteiger partial charge is 0.443 e. The predicted molar refractivity (Wildman–Crippen MR) is 96.8 cm³/mol. The summed E-state index contributed by atoms with van der Waals surface area (Å²) in [5.74, 6) is 0. The zero-order valence-electron chi connectivity index (χ0n) is 14.9. The number of carbonyl (C=O) groups is 1. The lowest BCUT2D eigenvalue weighted by molar-refractivity contribution is -0.244. The van der Waals surface area contributed by atoms with Gasteiger partial charge in [-0.3, -0.25) is 4.84 Å². The van der Waals surface area contributed by atoms with Gasteiger partial charge in [-0.05, 0) is 30.5 Å². The van der Waals surface area contributed by atoms with E-state index in [4.69, 9.17) is 9.57 Å². The average Bonchev–Trinajstić information content (AvgIpc) is 2.66. The molecule has 0 spiro atoms. The first-order chi connectivity index (χ1) is 12.4. The summed E-state index contributed by atoms with van der Waals surface area (Å²) < 4.78 is 20.7. The Morgan fingerprint density at radius 1 is 1.19 bits per heavy atom. The van der Waals surface area contributed by atoms with Gasteiger partial charge in [0.15, 0.2) is 5.67 Å². The molecule has 136 valence electrons. The van der Waals surface area contributed by atoms with E-state index in [0.717, 1.165) is 10.6 Å². The quantitative estimate of drug-likeness (QED) is 0.729. The van der Waals surface area contributed by atoms with Crippen LogP contribution in [-0.2, 0) is 16.2 Å². The van der Waals surface area contributed by atoms with Crippen molar-refractivity contribution in [2.45, 2.75) is 38.3 Å². The van der Waals surface area contributed by atoms with Crippen LogP contribution in [0.1, 0.15) is 31.1 Å². The molecule has 1 amide bonds. The fourth-order valence-electron chi connectivity index (χ4n) is 3.01. The van der Waals surface area contributed by atoms with E-state index in [0.29, 0.717) is 5.56 Å². The van der Waals surface area contributed by atoms with Crippen molar-refractivity contribution in [3.63, 3.8) is 0 Å². The highest BCUT2D eigenvalue weighted by Crippen LogP contribution is 2.45. The van der Waals surface area contributed by atoms with Crippen molar-refractivity contribution < 1.29 is 18.8 Å². The van der Waals surface area contributed by atoms with Crippen LogP contribution in [0.5, 0.6) is 0 Å². The molecular weight excluding hydrogens is 333 g/mol. The van der Waals surface area contributed by atoms with Crippen molar-refractivity contribution in [1.82, 2.24) is 5.06 Å². The third-order valence-corrected chi connectivity index (χ3v) is 4.68. The lowest BCUT2D eigenvalue weighted by atomic mass is 9.83. The lowest BCUT2D eigenvalue weighted by Gasteiger charge is -2.45. The van der Waals surface area contributed by atoms with E-state index in [9.17, 15) is 4.79 Å². The zero-order valence-corrected chi connectivity index (χ0v) is 14.9. The van der Waals surface area contributed by atoms with Gasteiger partial charge in [-0.25, -0.2) is 9.18 Å². The van der Waals surface area contributed by atoms with Gasteiger partial charge >= 0.3 is 6.09 Å². The average molecular weight is 355 g/mol. The SMILES string of the molecule is C=C1[C@@H](C)N(C(=O)OCc2ccccc2)O[C@@H](c2ccccc2)[C@@]1(C)F. The molecule has 26 heavy (non-hydrogen) atoms. The summed E-state index contributed by atoms with van der Waals surface area (Å²) in [6, 6.07) is 17.7. The number of amides is 1. The van der Waals surface area contributed by atoms with E-state index in [2.05, 4.69) is 6.58 Å². The standard InChI is InChI=1S/C21H22FNO3/c1-15-16(2)23(20(24)25-14-17-10-6-4-7-11-17)26-19(21(15,3)22)18-12-8-5-9-13-18/h4-13,16,19H,1,14H2,2-3H3/t16-,19+,21+/m1/s1. The number of ether oxygens (including phenoxy) is 1. The molecule has 1 aliphatic heterocycles. The normalized spacial score (nSPS) is 25.8. The molecule has 0 saturated carbocycles. The summed E-state index contributed by atoms with van der Waals surface area (Å²) in [5.41, 5.74) is -0.0447. The number of benzene rings is 2. The Bertz CT molecular complexity index is 776. The van der Waals surface area contributed by atoms with Crippen LogP contribution in [0.3, 0.4) is 0 Å². The minimum atomic E-state index is -1.81. The predicted octanol–water partition coefficient (Wildman–Crippen LogP) is 4.98. The first kappa shape index (κ1) is 18.1. The van der Waals surface area contributed by atoms with Gasteiger partial charge in [0.25, 0.3) is 0 Å². The highest BCUT2D eigenvalue weighted by molar-refractivity contribution is 5.67. The van der Waals surface area contributed by atoms with Crippen LogP contribution in [0.25, 0.3) is 0 Å². The summed E-state index contributed by atoms with van der Waals surface area (Å²) in [5, 5.41) is 1.07. The number of hydroxylamine groups is 2. The van der Waals surface area contributed by atoms with Crippen molar-refractivity contribution in [2.75, 3.05) is 0 Å². The van der Waals surface area contributed by atoms with Gasteiger partial charge in [-0.15, -0.1) is 0 Å². The molecule has 1 heterocycles. The van der Waals surface area contributed by atoms with Crippen molar-refractivity contribution >= 4 is 6.09 Å². The van der Waals surface area contributed by atoms with Gasteiger partial charge in [0, 0.05) is 0 Å². The molecule has 0 N–H and O–H groups in total. The van der Waals surface area contributed by atoms with Crippen LogP contribution < -0.4 is 0 Å². The minimum Gasteiger partial charge on any atom is -0.443 e. The Kier molecular flexibility index (Phi) is 5.09. The molecule has 2 aromatic carbocycles. The minimum absolute atomic E-state index is 0.113. The third-order valence-electron chi connectivity index (χ3n) is 4.68. The number of nitrogens with zero attached hydrogens (tertiary/aromatic N) is 1. The third kappa shape index (κ3) is 3.48. The van der Waals surface area contributed by atoms with Crippen molar-refractivity contribution in [1.29, 1.82) is 0 Å². The highest BCUT2D eigenvalue weighted by Gasteiger charge is 2.50. The molecule has 0 unspecified atom stereocenters. The summed E-state index contributed by atoms with van der Waals surface area (Å²) in [7, 11) is 0. The maximum absolute atomic E-state index is 15.3. The molecule has 1 saturated heterocycles. The summed E-state index contributed by atoms with van der Waals surface area (Å²) in [4.78, 5) is 18.3. The summed E-state index contributed by atoms with van der Waals surface area (Å²) in [6.07, 6.45) is -1.64. The molecule has 4 nitrogen and oxygen atoms in total. The smallest absolute Gasteiger partial charge is 0.434 e. The van der Waals surface area contributed by atoms with Crippen LogP contribution in [0.2, 0.25) is 0 Å². The molecule has 1 fully saturated rings. The molecule has 3 rings (SSSR count). The number of rotatable bonds is 3. The summed E-state index contributed by atoms with van der Waals surface area (Å²) >= 11 is 0. The van der Waals surface area contributed by atoms with Gasteiger partial charge < -0.3 is 4.74 Å². The second-order valence-corrected chi connectivity index (χ2v) is 6.54. The van der Waals surface area contributed by atoms with E-state index in [1.54, 1.807) is 31.2 Å². The zero-order chi connectivity index (χ0) is 18.7. The van der Waals surface area contributed by atoms with Crippen LogP contribution in [-0.4, -0.2) is 22.9 Å². The number of alkyl halides is 1. The van der Waals surface area contributed by atoms with Crippen LogP contribution in [0, 0.1) is 0 Å². The Labute approximate surface area is 152 Å². The van der Waals surface area contributed by atoms with Gasteiger partial charge in [0.05, 0.1) is 6.04 Å². The molecular formula is C21H22FNO3. The van der Waals surface area contributed by atoms with Crippen LogP contribution in [0.15, 0.2) is 72.8 Å². The molecule has 0 aliphatic carbocycles. The first-order valence-electron chi connectivity index (χ1n) is 8.51. The van der Waals surface area contributed by atoms with Gasteiger partial charge in [-0.1, -0.05) is 67.2 Å². The van der Waals surface area contributed by atoms with E-state index < -0.39 is 23.9 Å².